The van der Waals surface area contributed by atoms with Crippen molar-refractivity contribution in [1.29, 1.82) is 0 Å². The number of carboxylic acid groups (broad SMARTS) is 1. The highest BCUT2D eigenvalue weighted by Gasteiger charge is 2.19. The van der Waals surface area contributed by atoms with Crippen LogP contribution in [0.2, 0.25) is 0 Å². The zero-order chi connectivity index (χ0) is 21.8. The van der Waals surface area contributed by atoms with Crippen LogP contribution >= 0.6 is 11.3 Å². The monoisotopic (exact) mass is 429 g/mol. The van der Waals surface area contributed by atoms with E-state index in [1.807, 2.05) is 66.7 Å². The lowest BCUT2D eigenvalue weighted by Gasteiger charge is -2.06. The van der Waals surface area contributed by atoms with E-state index >= 15 is 0 Å². The van der Waals surface area contributed by atoms with Crippen molar-refractivity contribution in [3.63, 3.8) is 0 Å². The molecule has 0 unspecified atom stereocenters. The molecule has 0 aliphatic carbocycles. The van der Waals surface area contributed by atoms with E-state index in [1.54, 1.807) is 25.3 Å². The minimum atomic E-state index is -1.08. The molecule has 0 spiro atoms. The Bertz CT molecular complexity index is 1210. The molecule has 1 aromatic heterocycles. The van der Waals surface area contributed by atoms with E-state index in [-0.39, 0.29) is 16.5 Å². The molecule has 0 saturated carbocycles. The fourth-order valence-corrected chi connectivity index (χ4v) is 4.14. The first-order valence-corrected chi connectivity index (χ1v) is 10.3. The third-order valence-electron chi connectivity index (χ3n) is 4.80. The maximum absolute atomic E-state index is 12.8. The summed E-state index contributed by atoms with van der Waals surface area (Å²) in [7, 11) is 1.59. The SMILES string of the molecule is COc1ccc(-c2cc(NC(=O)c3ccc(-c4ccccc4)cc3)c(C(=O)O)s2)cc1. The molecule has 5 nitrogen and oxygen atoms in total. The first kappa shape index (κ1) is 20.4. The van der Waals surface area contributed by atoms with E-state index in [4.69, 9.17) is 4.74 Å². The van der Waals surface area contributed by atoms with Crippen molar-refractivity contribution in [1.82, 2.24) is 0 Å². The Kier molecular flexibility index (Phi) is 5.82. The quantitative estimate of drug-likeness (QED) is 0.392. The Morgan fingerprint density at radius 3 is 2.06 bits per heavy atom. The van der Waals surface area contributed by atoms with Crippen molar-refractivity contribution in [2.45, 2.75) is 0 Å². The molecule has 4 aromatic rings. The number of carbonyl (C=O) groups is 2. The van der Waals surface area contributed by atoms with Crippen molar-refractivity contribution in [3.8, 4) is 27.3 Å². The summed E-state index contributed by atoms with van der Waals surface area (Å²) in [6.45, 7) is 0. The fourth-order valence-electron chi connectivity index (χ4n) is 3.18. The Labute approximate surface area is 183 Å². The predicted octanol–water partition coefficient (Wildman–Crippen LogP) is 6.04. The highest BCUT2D eigenvalue weighted by atomic mass is 32.1. The molecular formula is C25H19NO4S. The van der Waals surface area contributed by atoms with Crippen molar-refractivity contribution in [2.24, 2.45) is 0 Å². The number of hydrogen-bond acceptors (Lipinski definition) is 4. The number of carbonyl (C=O) groups excluding carboxylic acids is 1. The molecule has 1 heterocycles. The number of thiophene rings is 1. The van der Waals surface area contributed by atoms with Gasteiger partial charge in [0.15, 0.2) is 0 Å². The Morgan fingerprint density at radius 1 is 0.839 bits per heavy atom. The van der Waals surface area contributed by atoms with Gasteiger partial charge in [0.05, 0.1) is 12.8 Å². The lowest BCUT2D eigenvalue weighted by atomic mass is 10.0. The smallest absolute Gasteiger partial charge is 0.348 e. The molecule has 4 rings (SSSR count). The highest BCUT2D eigenvalue weighted by molar-refractivity contribution is 7.18. The van der Waals surface area contributed by atoms with E-state index < -0.39 is 5.97 Å². The number of hydrogen-bond donors (Lipinski definition) is 2. The van der Waals surface area contributed by atoms with Crippen LogP contribution in [0.5, 0.6) is 5.75 Å². The Hall–Kier alpha value is -3.90. The van der Waals surface area contributed by atoms with E-state index in [0.717, 1.165) is 32.9 Å². The molecule has 0 radical (unpaired) electrons. The molecule has 0 bridgehead atoms. The summed E-state index contributed by atoms with van der Waals surface area (Å²) in [6.07, 6.45) is 0. The Morgan fingerprint density at radius 2 is 1.45 bits per heavy atom. The van der Waals surface area contributed by atoms with Gasteiger partial charge in [-0.1, -0.05) is 42.5 Å². The van der Waals surface area contributed by atoms with Crippen molar-refractivity contribution in [3.05, 3.63) is 95.4 Å². The first-order valence-electron chi connectivity index (χ1n) is 9.53. The lowest BCUT2D eigenvalue weighted by molar-refractivity contribution is 0.0703. The number of amides is 1. The fraction of sp³-hybridized carbons (Fsp3) is 0.0400. The predicted molar refractivity (Wildman–Crippen MR) is 123 cm³/mol. The third-order valence-corrected chi connectivity index (χ3v) is 5.98. The van der Waals surface area contributed by atoms with Gasteiger partial charge in [0.25, 0.3) is 5.91 Å². The van der Waals surface area contributed by atoms with E-state index in [2.05, 4.69) is 5.32 Å². The van der Waals surface area contributed by atoms with Crippen LogP contribution < -0.4 is 10.1 Å². The van der Waals surface area contributed by atoms with Gasteiger partial charge in [0, 0.05) is 10.4 Å². The number of benzene rings is 3. The number of carboxylic acids is 1. The molecule has 3 aromatic carbocycles. The van der Waals surface area contributed by atoms with Crippen LogP contribution in [-0.2, 0) is 0 Å². The average molecular weight is 429 g/mol. The van der Waals surface area contributed by atoms with Gasteiger partial charge in [-0.05, 0) is 59.2 Å². The highest BCUT2D eigenvalue weighted by Crippen LogP contribution is 2.36. The number of aromatic carboxylic acids is 1. The number of anilines is 1. The molecule has 0 fully saturated rings. The van der Waals surface area contributed by atoms with E-state index in [0.29, 0.717) is 11.3 Å². The van der Waals surface area contributed by atoms with Gasteiger partial charge in [-0.15, -0.1) is 11.3 Å². The molecule has 6 heteroatoms. The zero-order valence-corrected chi connectivity index (χ0v) is 17.5. The van der Waals surface area contributed by atoms with Gasteiger partial charge >= 0.3 is 5.97 Å². The number of rotatable bonds is 6. The van der Waals surface area contributed by atoms with E-state index in [1.165, 1.54) is 0 Å². The van der Waals surface area contributed by atoms with Crippen molar-refractivity contribution < 1.29 is 19.4 Å². The van der Waals surface area contributed by atoms with Gasteiger partial charge in [0.2, 0.25) is 0 Å². The summed E-state index contributed by atoms with van der Waals surface area (Å²) in [4.78, 5) is 25.3. The normalized spacial score (nSPS) is 10.5. The van der Waals surface area contributed by atoms with Crippen LogP contribution in [-0.4, -0.2) is 24.1 Å². The average Bonchev–Trinajstić information content (AvgIpc) is 3.24. The molecule has 31 heavy (non-hydrogen) atoms. The van der Waals surface area contributed by atoms with Crippen LogP contribution in [0.15, 0.2) is 84.9 Å². The summed E-state index contributed by atoms with van der Waals surface area (Å²) in [5, 5.41) is 12.3. The number of nitrogens with one attached hydrogen (secondary N) is 1. The Balaban J connectivity index is 1.57. The summed E-state index contributed by atoms with van der Waals surface area (Å²) in [5.41, 5.74) is 3.64. The van der Waals surface area contributed by atoms with Crippen molar-refractivity contribution >= 4 is 28.9 Å². The third kappa shape index (κ3) is 4.49. The minimum absolute atomic E-state index is 0.0834. The molecule has 2 N–H and O–H groups in total. The van der Waals surface area contributed by atoms with Gasteiger partial charge in [-0.25, -0.2) is 4.79 Å². The zero-order valence-electron chi connectivity index (χ0n) is 16.7. The first-order chi connectivity index (χ1) is 15.0. The summed E-state index contributed by atoms with van der Waals surface area (Å²) >= 11 is 1.12. The molecule has 1 amide bonds. The second kappa shape index (κ2) is 8.85. The van der Waals surface area contributed by atoms with Gasteiger partial charge in [-0.3, -0.25) is 4.79 Å². The van der Waals surface area contributed by atoms with Gasteiger partial charge in [0.1, 0.15) is 10.6 Å². The van der Waals surface area contributed by atoms with Crippen LogP contribution in [0.25, 0.3) is 21.6 Å². The van der Waals surface area contributed by atoms with Crippen molar-refractivity contribution in [2.75, 3.05) is 12.4 Å². The second-order valence-electron chi connectivity index (χ2n) is 6.78. The van der Waals surface area contributed by atoms with Gasteiger partial charge < -0.3 is 15.2 Å². The number of ether oxygens (including phenoxy) is 1. The molecule has 0 aliphatic heterocycles. The molecule has 154 valence electrons. The standard InChI is InChI=1S/C25H19NO4S/c1-30-20-13-11-18(12-14-20)22-15-21(23(31-22)25(28)29)26-24(27)19-9-7-17(8-10-19)16-5-3-2-4-6-16/h2-15H,1H3,(H,26,27)(H,28,29). The van der Waals surface area contributed by atoms with Crippen LogP contribution in [0, 0.1) is 0 Å². The maximum atomic E-state index is 12.8. The van der Waals surface area contributed by atoms with Crippen LogP contribution in [0.1, 0.15) is 20.0 Å². The van der Waals surface area contributed by atoms with Crippen LogP contribution in [0.3, 0.4) is 0 Å². The lowest BCUT2D eigenvalue weighted by Crippen LogP contribution is -2.13. The number of methoxy groups -OCH3 is 1. The largest absolute Gasteiger partial charge is 0.497 e. The van der Waals surface area contributed by atoms with Crippen LogP contribution in [0.4, 0.5) is 5.69 Å². The maximum Gasteiger partial charge on any atom is 0.348 e. The molecule has 0 aliphatic rings. The summed E-state index contributed by atoms with van der Waals surface area (Å²) in [5.74, 6) is -0.730. The van der Waals surface area contributed by atoms with Gasteiger partial charge in [-0.2, -0.15) is 0 Å². The minimum Gasteiger partial charge on any atom is -0.497 e. The summed E-state index contributed by atoms with van der Waals surface area (Å²) in [6, 6.07) is 26.1. The topological polar surface area (TPSA) is 75.6 Å². The van der Waals surface area contributed by atoms with E-state index in [9.17, 15) is 14.7 Å². The summed E-state index contributed by atoms with van der Waals surface area (Å²) < 4.78 is 5.16. The molecular weight excluding hydrogens is 410 g/mol. The molecule has 0 saturated heterocycles. The molecule has 0 atom stereocenters. The second-order valence-corrected chi connectivity index (χ2v) is 7.84.